The number of thiazole rings is 1. The minimum atomic E-state index is -4.57. The molecule has 2 aliphatic rings. The molecule has 2 aliphatic heterocycles. The Morgan fingerprint density at radius 2 is 1.77 bits per heavy atom. The molecule has 35 heavy (non-hydrogen) atoms. The van der Waals surface area contributed by atoms with E-state index >= 15 is 0 Å². The Morgan fingerprint density at radius 1 is 1.03 bits per heavy atom. The zero-order valence-corrected chi connectivity index (χ0v) is 19.3. The number of amides is 3. The van der Waals surface area contributed by atoms with Crippen LogP contribution in [0.5, 0.6) is 0 Å². The maximum atomic E-state index is 13.0. The third-order valence-electron chi connectivity index (χ3n) is 5.82. The molecule has 12 heteroatoms. The summed E-state index contributed by atoms with van der Waals surface area (Å²) < 4.78 is 40.1. The molecule has 7 nitrogen and oxygen atoms in total. The summed E-state index contributed by atoms with van der Waals surface area (Å²) in [5.74, 6) is -2.82. The van der Waals surface area contributed by atoms with Gasteiger partial charge >= 0.3 is 11.0 Å². The van der Waals surface area contributed by atoms with Crippen molar-refractivity contribution in [3.63, 3.8) is 0 Å². The number of carbonyl (C=O) groups excluding carboxylic acids is 3. The second-order valence-corrected chi connectivity index (χ2v) is 10.2. The first-order chi connectivity index (χ1) is 16.6. The molecule has 3 atom stereocenters. The second-order valence-electron chi connectivity index (χ2n) is 8.06. The molecule has 180 valence electrons. The summed E-state index contributed by atoms with van der Waals surface area (Å²) in [6.45, 7) is -0.456. The zero-order chi connectivity index (χ0) is 24.9. The lowest BCUT2D eigenvalue weighted by Gasteiger charge is -2.30. The van der Waals surface area contributed by atoms with Crippen LogP contribution in [0.2, 0.25) is 0 Å². The molecule has 1 fully saturated rings. The average Bonchev–Trinajstić information content (AvgIpc) is 3.27. The smallest absolute Gasteiger partial charge is 0.325 e. The summed E-state index contributed by atoms with van der Waals surface area (Å²) in [7, 11) is 0. The molecule has 0 bridgehead atoms. The zero-order valence-electron chi connectivity index (χ0n) is 17.7. The normalized spacial score (nSPS) is 21.3. The predicted molar refractivity (Wildman–Crippen MR) is 123 cm³/mol. The number of imide groups is 1. The summed E-state index contributed by atoms with van der Waals surface area (Å²) in [5, 5.41) is 4.38. The summed E-state index contributed by atoms with van der Waals surface area (Å²) in [4.78, 5) is 50.8. The van der Waals surface area contributed by atoms with Crippen LogP contribution in [0.4, 0.5) is 18.9 Å². The van der Waals surface area contributed by atoms with Crippen LogP contribution in [0.15, 0.2) is 64.4 Å². The monoisotopic (exact) mass is 519 g/mol. The molecule has 2 N–H and O–H groups in total. The summed E-state index contributed by atoms with van der Waals surface area (Å²) in [6.07, 6.45) is -4.57. The molecule has 3 aromatic rings. The molecule has 0 aliphatic carbocycles. The second kappa shape index (κ2) is 8.68. The van der Waals surface area contributed by atoms with Crippen molar-refractivity contribution < 1.29 is 27.6 Å². The van der Waals surface area contributed by atoms with E-state index in [0.29, 0.717) is 9.90 Å². The van der Waals surface area contributed by atoms with E-state index < -0.39 is 58.0 Å². The highest BCUT2D eigenvalue weighted by molar-refractivity contribution is 8.00. The molecule has 0 saturated carbocycles. The van der Waals surface area contributed by atoms with Gasteiger partial charge in [-0.3, -0.25) is 29.1 Å². The van der Waals surface area contributed by atoms with Crippen molar-refractivity contribution in [1.29, 1.82) is 0 Å². The average molecular weight is 520 g/mol. The van der Waals surface area contributed by atoms with Gasteiger partial charge in [-0.1, -0.05) is 59.5 Å². The Balaban J connectivity index is 1.48. The predicted octanol–water partition coefficient (Wildman–Crippen LogP) is 3.45. The lowest BCUT2D eigenvalue weighted by molar-refractivity contribution is -0.137. The van der Waals surface area contributed by atoms with Crippen molar-refractivity contribution in [2.24, 2.45) is 5.92 Å². The van der Waals surface area contributed by atoms with Gasteiger partial charge in [0.1, 0.15) is 11.8 Å². The minimum absolute atomic E-state index is 0.0578. The summed E-state index contributed by atoms with van der Waals surface area (Å²) in [5.41, 5.74) is -0.210. The van der Waals surface area contributed by atoms with Crippen LogP contribution in [-0.2, 0) is 27.1 Å². The van der Waals surface area contributed by atoms with Crippen molar-refractivity contribution in [2.45, 2.75) is 28.9 Å². The summed E-state index contributed by atoms with van der Waals surface area (Å²) >= 11 is 1.94. The molecule has 1 saturated heterocycles. The highest BCUT2D eigenvalue weighted by atomic mass is 32.2. The largest absolute Gasteiger partial charge is 0.416 e. The highest BCUT2D eigenvalue weighted by Gasteiger charge is 2.52. The quantitative estimate of drug-likeness (QED) is 0.515. The van der Waals surface area contributed by atoms with Crippen molar-refractivity contribution in [3.8, 4) is 0 Å². The Labute approximate surface area is 204 Å². The fraction of sp³-hybridized carbons (Fsp3) is 0.217. The molecular weight excluding hydrogens is 503 g/mol. The van der Waals surface area contributed by atoms with Gasteiger partial charge in [0.05, 0.1) is 16.5 Å². The molecule has 0 radical (unpaired) electrons. The third kappa shape index (κ3) is 4.27. The number of halogens is 3. The number of rotatable bonds is 4. The molecule has 1 aromatic heterocycles. The van der Waals surface area contributed by atoms with E-state index in [2.05, 4.69) is 10.6 Å². The fourth-order valence-corrected chi connectivity index (χ4v) is 7.05. The number of fused-ring (bicyclic) bond motifs is 2. The number of aromatic nitrogens is 1. The number of anilines is 1. The standard InChI is InChI=1S/C23H16F3N3O4S2/c24-23(25,26)12-7-4-8-13(9-12)27-14(30)10-29-21-18(35-22(29)33)15(11-5-2-1-3-6-11)16-17(34-21)20(32)28-19(16)31/h1-9,15-17H,10H2,(H,27,30)(H,28,31,32)/t15-,16+,17-/m0/s1. The van der Waals surface area contributed by atoms with Crippen LogP contribution in [0.3, 0.4) is 0 Å². The number of thioether (sulfide) groups is 1. The van der Waals surface area contributed by atoms with E-state index in [0.717, 1.165) is 40.8 Å². The molecule has 5 rings (SSSR count). The van der Waals surface area contributed by atoms with Crippen LogP contribution in [0.1, 0.15) is 21.9 Å². The van der Waals surface area contributed by atoms with Gasteiger partial charge < -0.3 is 5.32 Å². The topological polar surface area (TPSA) is 97.3 Å². The van der Waals surface area contributed by atoms with Crippen molar-refractivity contribution in [3.05, 3.63) is 80.3 Å². The Kier molecular flexibility index (Phi) is 5.80. The third-order valence-corrected chi connectivity index (χ3v) is 8.44. The summed E-state index contributed by atoms with van der Waals surface area (Å²) in [6, 6.07) is 13.2. The Hall–Kier alpha value is -3.38. The van der Waals surface area contributed by atoms with Gasteiger partial charge in [0.2, 0.25) is 17.7 Å². The molecule has 0 unspecified atom stereocenters. The van der Waals surface area contributed by atoms with E-state index in [9.17, 15) is 32.3 Å². The minimum Gasteiger partial charge on any atom is -0.325 e. The maximum absolute atomic E-state index is 13.0. The molecule has 3 amide bonds. The number of benzene rings is 2. The Morgan fingerprint density at radius 3 is 2.49 bits per heavy atom. The first-order valence-electron chi connectivity index (χ1n) is 10.4. The highest BCUT2D eigenvalue weighted by Crippen LogP contribution is 2.51. The van der Waals surface area contributed by atoms with Crippen molar-refractivity contribution >= 4 is 46.5 Å². The van der Waals surface area contributed by atoms with Crippen LogP contribution in [0, 0.1) is 5.92 Å². The fourth-order valence-electron chi connectivity index (χ4n) is 4.31. The van der Waals surface area contributed by atoms with Gasteiger partial charge in [-0.25, -0.2) is 0 Å². The van der Waals surface area contributed by atoms with Gasteiger partial charge in [-0.05, 0) is 23.8 Å². The van der Waals surface area contributed by atoms with Crippen LogP contribution in [-0.4, -0.2) is 27.5 Å². The van der Waals surface area contributed by atoms with Crippen LogP contribution >= 0.6 is 23.1 Å². The van der Waals surface area contributed by atoms with Gasteiger partial charge in [0, 0.05) is 16.5 Å². The van der Waals surface area contributed by atoms with Crippen LogP contribution < -0.4 is 15.5 Å². The molecular formula is C23H16F3N3O4S2. The van der Waals surface area contributed by atoms with Gasteiger partial charge in [0.15, 0.2) is 0 Å². The first kappa shape index (κ1) is 23.4. The van der Waals surface area contributed by atoms with Crippen molar-refractivity contribution in [1.82, 2.24) is 9.88 Å². The number of alkyl halides is 3. The molecule has 3 heterocycles. The number of nitrogens with zero attached hydrogens (tertiary/aromatic N) is 1. The number of hydrogen-bond donors (Lipinski definition) is 2. The van der Waals surface area contributed by atoms with E-state index in [1.165, 1.54) is 16.7 Å². The SMILES string of the molecule is O=C(Cn1c2c(sc1=O)[C@@H](c1ccccc1)[C@H]1C(=O)NC(=O)[C@H]1S2)Nc1cccc(C(F)(F)F)c1. The van der Waals surface area contributed by atoms with Gasteiger partial charge in [-0.15, -0.1) is 0 Å². The Bertz CT molecular complexity index is 1400. The van der Waals surface area contributed by atoms with Crippen LogP contribution in [0.25, 0.3) is 0 Å². The molecule has 2 aromatic carbocycles. The maximum Gasteiger partial charge on any atom is 0.416 e. The number of carbonyl (C=O) groups is 3. The van der Waals surface area contributed by atoms with E-state index in [1.54, 1.807) is 12.1 Å². The van der Waals surface area contributed by atoms with Crippen molar-refractivity contribution in [2.75, 3.05) is 5.32 Å². The number of hydrogen-bond acceptors (Lipinski definition) is 6. The lowest BCUT2D eigenvalue weighted by Crippen LogP contribution is -2.32. The van der Waals surface area contributed by atoms with E-state index in [1.807, 2.05) is 18.2 Å². The van der Waals surface area contributed by atoms with E-state index in [4.69, 9.17) is 0 Å². The van der Waals surface area contributed by atoms with Gasteiger partial charge in [0.25, 0.3) is 0 Å². The molecule has 0 spiro atoms. The van der Waals surface area contributed by atoms with E-state index in [-0.39, 0.29) is 5.69 Å². The van der Waals surface area contributed by atoms with Gasteiger partial charge in [-0.2, -0.15) is 13.2 Å². The lowest BCUT2D eigenvalue weighted by atomic mass is 9.83. The first-order valence-corrected chi connectivity index (χ1v) is 12.1. The number of nitrogens with one attached hydrogen (secondary N) is 2.